The number of amides is 1. The molecule has 1 amide bonds. The molecule has 0 saturated heterocycles. The van der Waals surface area contributed by atoms with Gasteiger partial charge in [0.15, 0.2) is 0 Å². The minimum absolute atomic E-state index is 0.359. The normalized spacial score (nSPS) is 7.08. The molecule has 0 bridgehead atoms. The van der Waals surface area contributed by atoms with Gasteiger partial charge in [-0.15, -0.1) is 0 Å². The molecule has 2 N–H and O–H groups in total. The highest BCUT2D eigenvalue weighted by molar-refractivity contribution is 5.85. The van der Waals surface area contributed by atoms with Crippen LogP contribution in [0.15, 0.2) is 25.3 Å². The van der Waals surface area contributed by atoms with E-state index < -0.39 is 5.91 Å². The van der Waals surface area contributed by atoms with Crippen molar-refractivity contribution >= 4 is 11.9 Å². The summed E-state index contributed by atoms with van der Waals surface area (Å²) < 4.78 is 4.43. The molecule has 0 spiro atoms. The molecular weight excluding hydrogens is 158 g/mol. The summed E-state index contributed by atoms with van der Waals surface area (Å²) in [7, 11) is 0. The highest BCUT2D eigenvalue weighted by atomic mass is 16.5. The van der Waals surface area contributed by atoms with E-state index in [4.69, 9.17) is 0 Å². The zero-order chi connectivity index (χ0) is 9.98. The molecule has 0 heterocycles. The van der Waals surface area contributed by atoms with E-state index in [1.807, 2.05) is 0 Å². The highest BCUT2D eigenvalue weighted by Crippen LogP contribution is 1.74. The van der Waals surface area contributed by atoms with Crippen molar-refractivity contribution in [1.82, 2.24) is 0 Å². The van der Waals surface area contributed by atoms with Crippen LogP contribution in [0.5, 0.6) is 0 Å². The van der Waals surface area contributed by atoms with Gasteiger partial charge in [-0.3, -0.25) is 4.79 Å². The standard InChI is InChI=1S/C5H8O2.C3H5NO/c1-3-5(6)7-4-2;1-2-3(4)5/h3H,1,4H2,2H3;2H,1H2,(H2,4,5). The summed E-state index contributed by atoms with van der Waals surface area (Å²) in [5, 5.41) is 0. The maximum Gasteiger partial charge on any atom is 0.330 e. The van der Waals surface area contributed by atoms with Crippen molar-refractivity contribution in [3.05, 3.63) is 25.3 Å². The number of ether oxygens (including phenoxy) is 1. The molecule has 0 saturated carbocycles. The quantitative estimate of drug-likeness (QED) is 0.493. The minimum atomic E-state index is -0.481. The first-order valence-corrected chi connectivity index (χ1v) is 3.29. The van der Waals surface area contributed by atoms with Crippen LogP contribution >= 0.6 is 0 Å². The van der Waals surface area contributed by atoms with Crippen LogP contribution in [-0.4, -0.2) is 18.5 Å². The molecule has 4 nitrogen and oxygen atoms in total. The van der Waals surface area contributed by atoms with E-state index in [0.29, 0.717) is 6.61 Å². The third kappa shape index (κ3) is 15.8. The molecule has 0 aromatic heterocycles. The number of carbonyl (C=O) groups excluding carboxylic acids is 2. The van der Waals surface area contributed by atoms with E-state index >= 15 is 0 Å². The molecule has 0 rings (SSSR count). The topological polar surface area (TPSA) is 69.4 Å². The van der Waals surface area contributed by atoms with Crippen LogP contribution in [0.1, 0.15) is 6.92 Å². The maximum absolute atomic E-state index is 10.1. The second-order valence-corrected chi connectivity index (χ2v) is 1.56. The predicted molar refractivity (Wildman–Crippen MR) is 46.2 cm³/mol. The lowest BCUT2D eigenvalue weighted by Gasteiger charge is -1.90. The Labute approximate surface area is 71.7 Å². The van der Waals surface area contributed by atoms with Crippen molar-refractivity contribution in [2.24, 2.45) is 5.73 Å². The second kappa shape index (κ2) is 9.42. The van der Waals surface area contributed by atoms with E-state index in [0.717, 1.165) is 12.2 Å². The van der Waals surface area contributed by atoms with Crippen molar-refractivity contribution in [1.29, 1.82) is 0 Å². The molecule has 0 unspecified atom stereocenters. The van der Waals surface area contributed by atoms with Gasteiger partial charge in [-0.25, -0.2) is 4.79 Å². The average Bonchev–Trinajstić information content (AvgIpc) is 2.06. The summed E-state index contributed by atoms with van der Waals surface area (Å²) in [6, 6.07) is 0. The molecule has 12 heavy (non-hydrogen) atoms. The van der Waals surface area contributed by atoms with E-state index in [1.165, 1.54) is 0 Å². The summed E-state index contributed by atoms with van der Waals surface area (Å²) in [6.45, 7) is 8.46. The predicted octanol–water partition coefficient (Wildman–Crippen LogP) is 0.393. The first-order valence-electron chi connectivity index (χ1n) is 3.29. The Hall–Kier alpha value is -1.58. The van der Waals surface area contributed by atoms with Gasteiger partial charge in [0.2, 0.25) is 5.91 Å². The molecule has 0 aromatic carbocycles. The van der Waals surface area contributed by atoms with Crippen molar-refractivity contribution in [3.63, 3.8) is 0 Å². The van der Waals surface area contributed by atoms with Gasteiger partial charge in [0, 0.05) is 6.08 Å². The minimum Gasteiger partial charge on any atom is -0.463 e. The number of hydrogen-bond donors (Lipinski definition) is 1. The lowest BCUT2D eigenvalue weighted by molar-refractivity contribution is -0.137. The van der Waals surface area contributed by atoms with E-state index in [9.17, 15) is 9.59 Å². The second-order valence-electron chi connectivity index (χ2n) is 1.56. The van der Waals surface area contributed by atoms with Crippen molar-refractivity contribution in [2.75, 3.05) is 6.61 Å². The molecule has 0 aliphatic rings. The largest absolute Gasteiger partial charge is 0.463 e. The molecule has 0 fully saturated rings. The van der Waals surface area contributed by atoms with Crippen LogP contribution in [0.25, 0.3) is 0 Å². The summed E-state index contributed by atoms with van der Waals surface area (Å²) in [6.07, 6.45) is 2.20. The molecule has 0 radical (unpaired) electrons. The zero-order valence-corrected chi connectivity index (χ0v) is 7.08. The van der Waals surface area contributed by atoms with Crippen molar-refractivity contribution in [3.8, 4) is 0 Å². The summed E-state index contributed by atoms with van der Waals surface area (Å²) in [5.74, 6) is -0.840. The summed E-state index contributed by atoms with van der Waals surface area (Å²) >= 11 is 0. The molecule has 68 valence electrons. The monoisotopic (exact) mass is 171 g/mol. The van der Waals surface area contributed by atoms with E-state index in [1.54, 1.807) is 6.92 Å². The Morgan fingerprint density at radius 2 is 1.83 bits per heavy atom. The van der Waals surface area contributed by atoms with Gasteiger partial charge in [-0.05, 0) is 13.0 Å². The van der Waals surface area contributed by atoms with Crippen molar-refractivity contribution in [2.45, 2.75) is 6.92 Å². The molecule has 4 heteroatoms. The number of primary amides is 1. The summed E-state index contributed by atoms with van der Waals surface area (Å²) in [5.41, 5.74) is 4.53. The smallest absolute Gasteiger partial charge is 0.330 e. The lowest BCUT2D eigenvalue weighted by Crippen LogP contribution is -2.04. The Kier molecular flexibility index (Phi) is 10.2. The van der Waals surface area contributed by atoms with Crippen LogP contribution < -0.4 is 5.73 Å². The van der Waals surface area contributed by atoms with Crippen LogP contribution in [0.2, 0.25) is 0 Å². The Bertz CT molecular complexity index is 175. The third-order valence-corrected chi connectivity index (χ3v) is 0.654. The van der Waals surface area contributed by atoms with E-state index in [-0.39, 0.29) is 5.97 Å². The number of hydrogen-bond acceptors (Lipinski definition) is 3. The first kappa shape index (κ1) is 13.0. The average molecular weight is 171 g/mol. The summed E-state index contributed by atoms with van der Waals surface area (Å²) in [4.78, 5) is 19.5. The maximum atomic E-state index is 10.1. The Balaban J connectivity index is 0. The van der Waals surface area contributed by atoms with Gasteiger partial charge < -0.3 is 10.5 Å². The molecule has 0 atom stereocenters. The number of esters is 1. The molecule has 0 aliphatic heterocycles. The Morgan fingerprint density at radius 1 is 1.42 bits per heavy atom. The van der Waals surface area contributed by atoms with Crippen LogP contribution in [-0.2, 0) is 14.3 Å². The number of carbonyl (C=O) groups is 2. The SMILES string of the molecule is C=CC(=O)OCC.C=CC(N)=O. The van der Waals surface area contributed by atoms with Gasteiger partial charge in [-0.1, -0.05) is 13.2 Å². The van der Waals surface area contributed by atoms with Gasteiger partial charge in [0.05, 0.1) is 6.61 Å². The molecule has 0 aromatic rings. The number of rotatable bonds is 3. The van der Waals surface area contributed by atoms with E-state index in [2.05, 4.69) is 23.6 Å². The third-order valence-electron chi connectivity index (χ3n) is 0.654. The fourth-order valence-electron chi connectivity index (χ4n) is 0.201. The van der Waals surface area contributed by atoms with Gasteiger partial charge >= 0.3 is 5.97 Å². The lowest BCUT2D eigenvalue weighted by atomic mass is 10.6. The van der Waals surface area contributed by atoms with Crippen LogP contribution in [0.3, 0.4) is 0 Å². The molecular formula is C8H13NO3. The number of nitrogens with two attached hydrogens (primary N) is 1. The molecule has 0 aliphatic carbocycles. The van der Waals surface area contributed by atoms with Gasteiger partial charge in [-0.2, -0.15) is 0 Å². The Morgan fingerprint density at radius 3 is 1.92 bits per heavy atom. The first-order chi connectivity index (χ1) is 5.58. The van der Waals surface area contributed by atoms with Crippen LogP contribution in [0, 0.1) is 0 Å². The van der Waals surface area contributed by atoms with Crippen LogP contribution in [0.4, 0.5) is 0 Å². The van der Waals surface area contributed by atoms with Gasteiger partial charge in [0.25, 0.3) is 0 Å². The zero-order valence-electron chi connectivity index (χ0n) is 7.08. The fraction of sp³-hybridized carbons (Fsp3) is 0.250. The van der Waals surface area contributed by atoms with Crippen molar-refractivity contribution < 1.29 is 14.3 Å². The highest BCUT2D eigenvalue weighted by Gasteiger charge is 1.86. The fourth-order valence-corrected chi connectivity index (χ4v) is 0.201. The van der Waals surface area contributed by atoms with Gasteiger partial charge in [0.1, 0.15) is 0 Å².